The summed E-state index contributed by atoms with van der Waals surface area (Å²) in [5, 5.41) is 10.7. The average molecular weight is 279 g/mol. The lowest BCUT2D eigenvalue weighted by molar-refractivity contribution is 0.0679. The molecule has 2 atom stereocenters. The molecule has 3 N–H and O–H groups in total. The molecule has 1 aliphatic rings. The molecule has 2 nitrogen and oxygen atoms in total. The number of aliphatic hydroxyl groups is 1. The summed E-state index contributed by atoms with van der Waals surface area (Å²) >= 11 is 0. The highest BCUT2D eigenvalue weighted by Gasteiger charge is 2.28. The average Bonchev–Trinajstić information content (AvgIpc) is 2.41. The highest BCUT2D eigenvalue weighted by molar-refractivity contribution is 5.22. The van der Waals surface area contributed by atoms with Gasteiger partial charge in [-0.25, -0.2) is 4.39 Å². The minimum atomic E-state index is -0.413. The number of benzene rings is 1. The van der Waals surface area contributed by atoms with Crippen LogP contribution in [0.5, 0.6) is 0 Å². The van der Waals surface area contributed by atoms with Gasteiger partial charge in [0.25, 0.3) is 0 Å². The zero-order valence-electron chi connectivity index (χ0n) is 12.1. The number of nitrogens with two attached hydrogens (primary N) is 1. The standard InChI is InChI=1S/C17H26FNO/c18-15-10-8-13(9-11-15)16(12-19)17(20)14-6-4-2-1-3-5-7-14/h8-11,14,16-17,20H,1-7,12,19H2. The van der Waals surface area contributed by atoms with E-state index in [-0.39, 0.29) is 11.7 Å². The van der Waals surface area contributed by atoms with Crippen LogP contribution in [0.25, 0.3) is 0 Å². The molecular formula is C17H26FNO. The van der Waals surface area contributed by atoms with Gasteiger partial charge in [0.1, 0.15) is 5.82 Å². The third kappa shape index (κ3) is 4.03. The molecule has 2 unspecified atom stereocenters. The minimum Gasteiger partial charge on any atom is -0.392 e. The maximum atomic E-state index is 13.0. The first kappa shape index (κ1) is 15.5. The lowest BCUT2D eigenvalue weighted by Gasteiger charge is -2.31. The van der Waals surface area contributed by atoms with Crippen molar-refractivity contribution in [1.82, 2.24) is 0 Å². The largest absolute Gasteiger partial charge is 0.392 e. The highest BCUT2D eigenvalue weighted by atomic mass is 19.1. The second-order valence-electron chi connectivity index (χ2n) is 5.99. The van der Waals surface area contributed by atoms with Gasteiger partial charge in [0, 0.05) is 12.5 Å². The molecule has 3 heteroatoms. The van der Waals surface area contributed by atoms with Crippen LogP contribution in [-0.4, -0.2) is 17.8 Å². The summed E-state index contributed by atoms with van der Waals surface area (Å²) in [7, 11) is 0. The fourth-order valence-corrected chi connectivity index (χ4v) is 3.34. The summed E-state index contributed by atoms with van der Waals surface area (Å²) in [4.78, 5) is 0. The van der Waals surface area contributed by atoms with E-state index in [2.05, 4.69) is 0 Å². The first-order valence-corrected chi connectivity index (χ1v) is 7.86. The van der Waals surface area contributed by atoms with Gasteiger partial charge in [0.15, 0.2) is 0 Å². The van der Waals surface area contributed by atoms with Crippen molar-refractivity contribution >= 4 is 0 Å². The molecule has 1 aliphatic carbocycles. The maximum Gasteiger partial charge on any atom is 0.123 e. The van der Waals surface area contributed by atoms with Gasteiger partial charge in [0.05, 0.1) is 6.10 Å². The first-order chi connectivity index (χ1) is 9.72. The molecule has 0 bridgehead atoms. The Morgan fingerprint density at radius 2 is 1.60 bits per heavy atom. The SMILES string of the molecule is NCC(c1ccc(F)cc1)C(O)C1CCCCCCC1. The van der Waals surface area contributed by atoms with E-state index in [1.54, 1.807) is 12.1 Å². The topological polar surface area (TPSA) is 46.2 Å². The Hall–Kier alpha value is -0.930. The molecular weight excluding hydrogens is 253 g/mol. The zero-order valence-corrected chi connectivity index (χ0v) is 12.1. The number of aliphatic hydroxyl groups excluding tert-OH is 1. The van der Waals surface area contributed by atoms with Crippen LogP contribution in [0.3, 0.4) is 0 Å². The molecule has 2 rings (SSSR count). The molecule has 112 valence electrons. The van der Waals surface area contributed by atoms with Gasteiger partial charge in [-0.1, -0.05) is 44.2 Å². The molecule has 0 heterocycles. The fourth-order valence-electron chi connectivity index (χ4n) is 3.34. The van der Waals surface area contributed by atoms with E-state index in [0.29, 0.717) is 12.5 Å². The van der Waals surface area contributed by atoms with Crippen molar-refractivity contribution in [2.45, 2.75) is 57.0 Å². The Balaban J connectivity index is 2.06. The van der Waals surface area contributed by atoms with Crippen molar-refractivity contribution in [2.24, 2.45) is 11.7 Å². The summed E-state index contributed by atoms with van der Waals surface area (Å²) in [6.45, 7) is 0.406. The maximum absolute atomic E-state index is 13.0. The van der Waals surface area contributed by atoms with Crippen LogP contribution in [0.2, 0.25) is 0 Å². The summed E-state index contributed by atoms with van der Waals surface area (Å²) in [5.74, 6) is -0.00102. The van der Waals surface area contributed by atoms with Crippen molar-refractivity contribution in [2.75, 3.05) is 6.54 Å². The molecule has 0 aromatic heterocycles. The van der Waals surface area contributed by atoms with Crippen LogP contribution < -0.4 is 5.73 Å². The number of halogens is 1. The van der Waals surface area contributed by atoms with E-state index < -0.39 is 6.10 Å². The minimum absolute atomic E-state index is 0.0833. The number of hydrogen-bond acceptors (Lipinski definition) is 2. The lowest BCUT2D eigenvalue weighted by atomic mass is 9.79. The van der Waals surface area contributed by atoms with Gasteiger partial charge in [0.2, 0.25) is 0 Å². The normalized spacial score (nSPS) is 20.9. The van der Waals surface area contributed by atoms with E-state index in [9.17, 15) is 9.50 Å². The van der Waals surface area contributed by atoms with Gasteiger partial charge in [-0.05, 0) is 36.5 Å². The van der Waals surface area contributed by atoms with Crippen molar-refractivity contribution in [3.63, 3.8) is 0 Å². The van der Waals surface area contributed by atoms with E-state index in [1.165, 1.54) is 44.2 Å². The molecule has 0 amide bonds. The van der Waals surface area contributed by atoms with Crippen LogP contribution >= 0.6 is 0 Å². The number of hydrogen-bond donors (Lipinski definition) is 2. The van der Waals surface area contributed by atoms with Crippen molar-refractivity contribution in [3.8, 4) is 0 Å². The smallest absolute Gasteiger partial charge is 0.123 e. The molecule has 0 aliphatic heterocycles. The van der Waals surface area contributed by atoms with E-state index in [0.717, 1.165) is 18.4 Å². The molecule has 1 saturated carbocycles. The molecule has 0 saturated heterocycles. The second-order valence-corrected chi connectivity index (χ2v) is 5.99. The fraction of sp³-hybridized carbons (Fsp3) is 0.647. The molecule has 1 aromatic rings. The Labute approximate surface area is 121 Å². The monoisotopic (exact) mass is 279 g/mol. The summed E-state index contributed by atoms with van der Waals surface area (Å²) in [6, 6.07) is 6.39. The molecule has 1 fully saturated rings. The quantitative estimate of drug-likeness (QED) is 0.884. The van der Waals surface area contributed by atoms with Gasteiger partial charge in [-0.15, -0.1) is 0 Å². The second kappa shape index (κ2) is 7.75. The van der Waals surface area contributed by atoms with Crippen LogP contribution in [0.15, 0.2) is 24.3 Å². The van der Waals surface area contributed by atoms with E-state index in [4.69, 9.17) is 5.73 Å². The number of rotatable bonds is 4. The van der Waals surface area contributed by atoms with Gasteiger partial charge in [-0.3, -0.25) is 0 Å². The zero-order chi connectivity index (χ0) is 14.4. The van der Waals surface area contributed by atoms with Gasteiger partial charge < -0.3 is 10.8 Å². The predicted octanol–water partition coefficient (Wildman–Crippen LogP) is 3.59. The van der Waals surface area contributed by atoms with Gasteiger partial charge >= 0.3 is 0 Å². The Morgan fingerprint density at radius 1 is 1.05 bits per heavy atom. The van der Waals surface area contributed by atoms with Gasteiger partial charge in [-0.2, -0.15) is 0 Å². The van der Waals surface area contributed by atoms with Crippen molar-refractivity contribution in [3.05, 3.63) is 35.6 Å². The Kier molecular flexibility index (Phi) is 5.99. The third-order valence-electron chi connectivity index (χ3n) is 4.60. The van der Waals surface area contributed by atoms with E-state index in [1.807, 2.05) is 0 Å². The van der Waals surface area contributed by atoms with Crippen LogP contribution in [0.4, 0.5) is 4.39 Å². The van der Waals surface area contributed by atoms with E-state index >= 15 is 0 Å². The summed E-state index contributed by atoms with van der Waals surface area (Å²) in [6.07, 6.45) is 8.01. The highest BCUT2D eigenvalue weighted by Crippen LogP contribution is 2.32. The Morgan fingerprint density at radius 3 is 2.15 bits per heavy atom. The summed E-state index contributed by atoms with van der Waals surface area (Å²) in [5.41, 5.74) is 6.81. The van der Waals surface area contributed by atoms with Crippen LogP contribution in [-0.2, 0) is 0 Å². The van der Waals surface area contributed by atoms with Crippen molar-refractivity contribution in [1.29, 1.82) is 0 Å². The first-order valence-electron chi connectivity index (χ1n) is 7.86. The lowest BCUT2D eigenvalue weighted by Crippen LogP contribution is -2.33. The molecule has 1 aromatic carbocycles. The summed E-state index contributed by atoms with van der Waals surface area (Å²) < 4.78 is 13.0. The third-order valence-corrected chi connectivity index (χ3v) is 4.60. The van der Waals surface area contributed by atoms with Crippen LogP contribution in [0.1, 0.15) is 56.4 Å². The Bertz CT molecular complexity index is 384. The van der Waals surface area contributed by atoms with Crippen LogP contribution in [0, 0.1) is 11.7 Å². The molecule has 0 spiro atoms. The van der Waals surface area contributed by atoms with Crippen molar-refractivity contribution < 1.29 is 9.50 Å². The molecule has 0 radical (unpaired) electrons. The predicted molar refractivity (Wildman–Crippen MR) is 80.0 cm³/mol. The molecule has 20 heavy (non-hydrogen) atoms.